The Labute approximate surface area is 182 Å². The molecule has 0 radical (unpaired) electrons. The Morgan fingerprint density at radius 1 is 1.32 bits per heavy atom. The summed E-state index contributed by atoms with van der Waals surface area (Å²) in [6.45, 7) is 3.37. The SMILES string of the molecule is CNc1c(C)cccc1O.Cc1nc(N)cc(N(CC(=O)NO)c2ncc(C=O)s2)n1. The minimum absolute atomic E-state index is 0.235. The van der Waals surface area contributed by atoms with Crippen LogP contribution in [0.4, 0.5) is 22.5 Å². The minimum Gasteiger partial charge on any atom is -0.506 e. The summed E-state index contributed by atoms with van der Waals surface area (Å²) in [4.78, 5) is 36.2. The van der Waals surface area contributed by atoms with Crippen LogP contribution in [-0.2, 0) is 4.79 Å². The highest BCUT2D eigenvalue weighted by Crippen LogP contribution is 2.28. The molecule has 0 aliphatic carbocycles. The number of benzene rings is 1. The Kier molecular flexibility index (Phi) is 8.23. The summed E-state index contributed by atoms with van der Waals surface area (Å²) in [6, 6.07) is 6.91. The number of nitrogens with zero attached hydrogens (tertiary/aromatic N) is 4. The number of carbonyl (C=O) groups excluding carboxylic acids is 2. The molecule has 0 aliphatic rings. The van der Waals surface area contributed by atoms with E-state index in [9.17, 15) is 14.7 Å². The number of anilines is 4. The van der Waals surface area contributed by atoms with Crippen molar-refractivity contribution in [3.8, 4) is 5.75 Å². The van der Waals surface area contributed by atoms with Gasteiger partial charge < -0.3 is 16.2 Å². The van der Waals surface area contributed by atoms with E-state index in [1.807, 2.05) is 19.1 Å². The third-order valence-corrected chi connectivity index (χ3v) is 4.85. The zero-order chi connectivity index (χ0) is 23.0. The monoisotopic (exact) mass is 445 g/mol. The van der Waals surface area contributed by atoms with Crippen LogP contribution in [0.25, 0.3) is 0 Å². The molecule has 1 amide bonds. The first-order valence-corrected chi connectivity index (χ1v) is 9.79. The van der Waals surface area contributed by atoms with Crippen LogP contribution in [0.3, 0.4) is 0 Å². The number of nitrogens with one attached hydrogen (secondary N) is 2. The van der Waals surface area contributed by atoms with Crippen molar-refractivity contribution in [3.05, 3.63) is 46.7 Å². The fourth-order valence-corrected chi connectivity index (χ4v) is 3.31. The fraction of sp³-hybridized carbons (Fsp3) is 0.211. The molecule has 12 heteroatoms. The minimum atomic E-state index is -0.660. The van der Waals surface area contributed by atoms with Crippen molar-refractivity contribution < 1.29 is 19.9 Å². The van der Waals surface area contributed by atoms with Gasteiger partial charge in [-0.05, 0) is 25.5 Å². The largest absolute Gasteiger partial charge is 0.506 e. The van der Waals surface area contributed by atoms with Gasteiger partial charge in [0.2, 0.25) is 0 Å². The van der Waals surface area contributed by atoms with Crippen LogP contribution < -0.4 is 21.4 Å². The van der Waals surface area contributed by atoms with Crippen LogP contribution >= 0.6 is 11.3 Å². The van der Waals surface area contributed by atoms with E-state index >= 15 is 0 Å². The topological polar surface area (TPSA) is 167 Å². The van der Waals surface area contributed by atoms with Gasteiger partial charge in [0.05, 0.1) is 16.8 Å². The number of aryl methyl sites for hydroxylation is 2. The number of aldehydes is 1. The summed E-state index contributed by atoms with van der Waals surface area (Å²) >= 11 is 1.08. The van der Waals surface area contributed by atoms with E-state index in [4.69, 9.17) is 10.9 Å². The second kappa shape index (κ2) is 10.8. The number of phenolic OH excluding ortho intramolecular Hbond substituents is 1. The zero-order valence-electron chi connectivity index (χ0n) is 17.2. The van der Waals surface area contributed by atoms with Crippen LogP contribution in [0.2, 0.25) is 0 Å². The first-order valence-electron chi connectivity index (χ1n) is 8.98. The summed E-state index contributed by atoms with van der Waals surface area (Å²) in [5, 5.41) is 21.2. The van der Waals surface area contributed by atoms with E-state index in [-0.39, 0.29) is 12.4 Å². The van der Waals surface area contributed by atoms with Crippen LogP contribution in [0.1, 0.15) is 21.1 Å². The van der Waals surface area contributed by atoms with Crippen molar-refractivity contribution in [1.29, 1.82) is 0 Å². The standard InChI is InChI=1S/C11H12N6O3S.C8H11NO/c1-6-14-8(12)2-9(15-6)17(4-10(19)16-20)11-13-3-7(5-18)21-11;1-6-4-3-5-7(10)8(6)9-2/h2-3,5,20H,4H2,1H3,(H,16,19)(H2,12,14,15);3-5,9-10H,1-2H3. The van der Waals surface area contributed by atoms with Gasteiger partial charge in [-0.15, -0.1) is 0 Å². The summed E-state index contributed by atoms with van der Waals surface area (Å²) in [7, 11) is 1.79. The molecule has 11 nitrogen and oxygen atoms in total. The van der Waals surface area contributed by atoms with Gasteiger partial charge in [0.25, 0.3) is 5.91 Å². The Morgan fingerprint density at radius 3 is 2.58 bits per heavy atom. The van der Waals surface area contributed by atoms with Gasteiger partial charge in [0.15, 0.2) is 11.4 Å². The number of amides is 1. The molecular weight excluding hydrogens is 422 g/mol. The fourth-order valence-electron chi connectivity index (χ4n) is 2.57. The molecule has 3 aromatic rings. The van der Waals surface area contributed by atoms with Crippen LogP contribution in [0.15, 0.2) is 30.5 Å². The van der Waals surface area contributed by atoms with Crippen molar-refractivity contribution in [2.75, 3.05) is 29.5 Å². The molecule has 0 aliphatic heterocycles. The number of hydrogen-bond donors (Lipinski definition) is 5. The number of para-hydroxylation sites is 1. The molecule has 0 unspecified atom stereocenters. The maximum Gasteiger partial charge on any atom is 0.263 e. The number of phenols is 1. The van der Waals surface area contributed by atoms with Crippen molar-refractivity contribution in [1.82, 2.24) is 20.4 Å². The maximum absolute atomic E-state index is 11.4. The number of nitrogen functional groups attached to an aromatic ring is 1. The lowest BCUT2D eigenvalue weighted by atomic mass is 10.2. The molecule has 0 fully saturated rings. The average Bonchev–Trinajstić information content (AvgIpc) is 3.20. The van der Waals surface area contributed by atoms with E-state index in [0.717, 1.165) is 22.6 Å². The molecule has 0 atom stereocenters. The lowest BCUT2D eigenvalue weighted by molar-refractivity contribution is -0.127. The van der Waals surface area contributed by atoms with Crippen LogP contribution in [0.5, 0.6) is 5.75 Å². The highest BCUT2D eigenvalue weighted by molar-refractivity contribution is 7.17. The number of thiazole rings is 1. The molecular formula is C19H23N7O4S. The smallest absolute Gasteiger partial charge is 0.263 e. The molecule has 1 aromatic carbocycles. The molecule has 0 spiro atoms. The molecule has 0 saturated carbocycles. The molecule has 3 rings (SSSR count). The number of aromatic nitrogens is 3. The average molecular weight is 446 g/mol. The number of aromatic hydroxyl groups is 1. The molecule has 2 heterocycles. The molecule has 0 bridgehead atoms. The predicted molar refractivity (Wildman–Crippen MR) is 118 cm³/mol. The van der Waals surface area contributed by atoms with Gasteiger partial charge in [0, 0.05) is 13.1 Å². The van der Waals surface area contributed by atoms with Crippen LogP contribution in [0, 0.1) is 13.8 Å². The summed E-state index contributed by atoms with van der Waals surface area (Å²) in [5.74, 6) is 0.649. The van der Waals surface area contributed by atoms with E-state index in [2.05, 4.69) is 20.3 Å². The van der Waals surface area contributed by atoms with Gasteiger partial charge in [-0.2, -0.15) is 0 Å². The van der Waals surface area contributed by atoms with Crippen LogP contribution in [-0.4, -0.2) is 51.1 Å². The first kappa shape index (κ1) is 23.5. The van der Waals surface area contributed by atoms with Gasteiger partial charge in [-0.1, -0.05) is 23.5 Å². The van der Waals surface area contributed by atoms with Crippen molar-refractivity contribution in [2.45, 2.75) is 13.8 Å². The number of rotatable bonds is 6. The second-order valence-corrected chi connectivity index (χ2v) is 7.24. The Bertz CT molecular complexity index is 1020. The summed E-state index contributed by atoms with van der Waals surface area (Å²) in [5.41, 5.74) is 9.07. The van der Waals surface area contributed by atoms with Crippen molar-refractivity contribution >= 4 is 46.0 Å². The Morgan fingerprint density at radius 2 is 2.06 bits per heavy atom. The van der Waals surface area contributed by atoms with Gasteiger partial charge in [-0.3, -0.25) is 19.7 Å². The quantitative estimate of drug-likeness (QED) is 0.164. The molecule has 0 saturated heterocycles. The Hall–Kier alpha value is -3.77. The van der Waals surface area contributed by atoms with Crippen molar-refractivity contribution in [2.24, 2.45) is 0 Å². The molecule has 31 heavy (non-hydrogen) atoms. The summed E-state index contributed by atoms with van der Waals surface area (Å²) < 4.78 is 0. The summed E-state index contributed by atoms with van der Waals surface area (Å²) in [6.07, 6.45) is 2.04. The van der Waals surface area contributed by atoms with E-state index in [1.54, 1.807) is 20.0 Å². The lowest BCUT2D eigenvalue weighted by Crippen LogP contribution is -2.33. The maximum atomic E-state index is 11.4. The van der Waals surface area contributed by atoms with E-state index < -0.39 is 5.91 Å². The normalized spacial score (nSPS) is 9.94. The molecule has 2 aromatic heterocycles. The van der Waals surface area contributed by atoms with Gasteiger partial charge in [-0.25, -0.2) is 20.4 Å². The third-order valence-electron chi connectivity index (χ3n) is 3.91. The molecule has 164 valence electrons. The first-order chi connectivity index (χ1) is 14.8. The number of hydrogen-bond acceptors (Lipinski definition) is 11. The van der Waals surface area contributed by atoms with Gasteiger partial charge in [0.1, 0.15) is 29.8 Å². The highest BCUT2D eigenvalue weighted by atomic mass is 32.1. The number of hydroxylamine groups is 1. The number of nitrogens with two attached hydrogens (primary N) is 1. The van der Waals surface area contributed by atoms with E-state index in [0.29, 0.717) is 33.7 Å². The van der Waals surface area contributed by atoms with Gasteiger partial charge >= 0.3 is 0 Å². The van der Waals surface area contributed by atoms with E-state index in [1.165, 1.54) is 22.6 Å². The highest BCUT2D eigenvalue weighted by Gasteiger charge is 2.19. The van der Waals surface area contributed by atoms with Crippen molar-refractivity contribution in [3.63, 3.8) is 0 Å². The second-order valence-electron chi connectivity index (χ2n) is 6.20. The predicted octanol–water partition coefficient (Wildman–Crippen LogP) is 2.02. The molecule has 6 N–H and O–H groups in total. The lowest BCUT2D eigenvalue weighted by Gasteiger charge is -2.20. The number of carbonyl (C=O) groups is 2. The Balaban J connectivity index is 0.000000285. The third kappa shape index (κ3) is 6.35. The zero-order valence-corrected chi connectivity index (χ0v) is 18.0.